The highest BCUT2D eigenvalue weighted by atomic mass is 16.2. The highest BCUT2D eigenvalue weighted by Gasteiger charge is 2.27. The second kappa shape index (κ2) is 11.2. The van der Waals surface area contributed by atoms with Crippen LogP contribution in [0.1, 0.15) is 68.2 Å². The summed E-state index contributed by atoms with van der Waals surface area (Å²) in [6.45, 7) is 15.2. The first-order chi connectivity index (χ1) is 11.5. The van der Waals surface area contributed by atoms with Crippen molar-refractivity contribution in [2.24, 2.45) is 11.8 Å². The average Bonchev–Trinajstić information content (AvgIpc) is 2.48. The Morgan fingerprint density at radius 1 is 0.840 bits per heavy atom. The van der Waals surface area contributed by atoms with Gasteiger partial charge in [-0.3, -0.25) is 14.4 Å². The fourth-order valence-electron chi connectivity index (χ4n) is 2.65. The lowest BCUT2D eigenvalue weighted by Gasteiger charge is -2.24. The van der Waals surface area contributed by atoms with Gasteiger partial charge < -0.3 is 16.0 Å². The van der Waals surface area contributed by atoms with E-state index in [-0.39, 0.29) is 35.5 Å². The number of hydrogen-bond donors (Lipinski definition) is 3. The minimum atomic E-state index is -0.636. The first-order valence-electron chi connectivity index (χ1n) is 9.35. The number of carbonyl (C=O) groups excluding carboxylic acids is 3. The van der Waals surface area contributed by atoms with Crippen LogP contribution in [0.15, 0.2) is 0 Å². The maximum atomic E-state index is 12.5. The number of hydrogen-bond acceptors (Lipinski definition) is 4. The lowest BCUT2D eigenvalue weighted by Crippen LogP contribution is -2.53. The highest BCUT2D eigenvalue weighted by Crippen LogP contribution is 2.06. The number of ketones is 1. The highest BCUT2D eigenvalue weighted by molar-refractivity contribution is 5.93. The Kier molecular flexibility index (Phi) is 10.6. The van der Waals surface area contributed by atoms with Crippen LogP contribution in [0.25, 0.3) is 0 Å². The lowest BCUT2D eigenvalue weighted by molar-refractivity contribution is -0.133. The Hall–Kier alpha value is -1.43. The summed E-state index contributed by atoms with van der Waals surface area (Å²) in [6, 6.07) is -0.586. The molecule has 0 heterocycles. The molecule has 146 valence electrons. The molecule has 0 fully saturated rings. The predicted octanol–water partition coefficient (Wildman–Crippen LogP) is 2.02. The minimum Gasteiger partial charge on any atom is -0.345 e. The number of Topliss-reactive ketones (excluding diaryl/α,β-unsaturated/α-hetero) is 1. The second-order valence-corrected chi connectivity index (χ2v) is 7.84. The smallest absolute Gasteiger partial charge is 0.243 e. The third-order valence-electron chi connectivity index (χ3n) is 4.04. The van der Waals surface area contributed by atoms with E-state index in [1.165, 1.54) is 0 Å². The summed E-state index contributed by atoms with van der Waals surface area (Å²) < 4.78 is 0. The molecule has 25 heavy (non-hydrogen) atoms. The van der Waals surface area contributed by atoms with E-state index >= 15 is 0 Å². The van der Waals surface area contributed by atoms with Gasteiger partial charge in [0.15, 0.2) is 5.78 Å². The first kappa shape index (κ1) is 23.6. The van der Waals surface area contributed by atoms with Gasteiger partial charge in [0.2, 0.25) is 11.8 Å². The van der Waals surface area contributed by atoms with Crippen molar-refractivity contribution in [1.82, 2.24) is 16.0 Å². The maximum absolute atomic E-state index is 12.5. The summed E-state index contributed by atoms with van der Waals surface area (Å²) in [6.07, 6.45) is 1.07. The standard InChI is InChI=1S/C19H37N3O3/c1-11(2)17(19(25)21-15(8)18(24)12(3)4)22-16(23)10-9-14(7)20-13(5)6/h11-15,17,20H,9-10H2,1-8H3,(H,21,25)(H,22,23)/t14?,15-,17?/m0/s1. The normalized spacial score (nSPS) is 15.2. The maximum Gasteiger partial charge on any atom is 0.243 e. The largest absolute Gasteiger partial charge is 0.345 e. The fraction of sp³-hybridized carbons (Fsp3) is 0.842. The summed E-state index contributed by atoms with van der Waals surface area (Å²) in [7, 11) is 0. The van der Waals surface area contributed by atoms with Gasteiger partial charge in [-0.25, -0.2) is 0 Å². The molecule has 6 heteroatoms. The molecule has 0 spiro atoms. The van der Waals surface area contributed by atoms with Crippen molar-refractivity contribution in [3.05, 3.63) is 0 Å². The van der Waals surface area contributed by atoms with E-state index in [2.05, 4.69) is 29.8 Å². The molecule has 0 aliphatic carbocycles. The van der Waals surface area contributed by atoms with Crippen LogP contribution in [0, 0.1) is 11.8 Å². The molecule has 0 saturated carbocycles. The molecule has 3 atom stereocenters. The SMILES string of the molecule is CC(C)NC(C)CCC(=O)NC(C(=O)N[C@@H](C)C(=O)C(C)C)C(C)C. The average molecular weight is 356 g/mol. The van der Waals surface area contributed by atoms with Crippen molar-refractivity contribution < 1.29 is 14.4 Å². The molecule has 0 radical (unpaired) electrons. The lowest BCUT2D eigenvalue weighted by atomic mass is 10.00. The Balaban J connectivity index is 4.61. The Bertz CT molecular complexity index is 447. The van der Waals surface area contributed by atoms with Crippen molar-refractivity contribution in [2.75, 3.05) is 0 Å². The van der Waals surface area contributed by atoms with E-state index in [1.807, 2.05) is 20.8 Å². The molecule has 6 nitrogen and oxygen atoms in total. The van der Waals surface area contributed by atoms with Gasteiger partial charge >= 0.3 is 0 Å². The van der Waals surface area contributed by atoms with E-state index in [4.69, 9.17) is 0 Å². The summed E-state index contributed by atoms with van der Waals surface area (Å²) in [5, 5.41) is 8.88. The van der Waals surface area contributed by atoms with Gasteiger partial charge in [-0.15, -0.1) is 0 Å². The molecule has 3 N–H and O–H groups in total. The van der Waals surface area contributed by atoms with Crippen LogP contribution in [-0.4, -0.2) is 41.8 Å². The molecular formula is C19H37N3O3. The summed E-state index contributed by atoms with van der Waals surface area (Å²) in [4.78, 5) is 36.6. The van der Waals surface area contributed by atoms with Crippen molar-refractivity contribution in [1.29, 1.82) is 0 Å². The minimum absolute atomic E-state index is 0.0178. The van der Waals surface area contributed by atoms with Gasteiger partial charge in [0.05, 0.1) is 6.04 Å². The molecule has 0 aromatic rings. The number of amides is 2. The van der Waals surface area contributed by atoms with E-state index < -0.39 is 12.1 Å². The van der Waals surface area contributed by atoms with E-state index in [1.54, 1.807) is 20.8 Å². The van der Waals surface area contributed by atoms with Crippen LogP contribution in [0.3, 0.4) is 0 Å². The van der Waals surface area contributed by atoms with Gasteiger partial charge in [-0.2, -0.15) is 0 Å². The summed E-state index contributed by atoms with van der Waals surface area (Å²) in [5.74, 6) is -0.670. The number of carbonyl (C=O) groups is 3. The molecule has 0 aliphatic heterocycles. The van der Waals surface area contributed by atoms with Crippen LogP contribution in [0.5, 0.6) is 0 Å². The Morgan fingerprint density at radius 3 is 1.84 bits per heavy atom. The van der Waals surface area contributed by atoms with E-state index in [0.717, 1.165) is 0 Å². The summed E-state index contributed by atoms with van der Waals surface area (Å²) >= 11 is 0. The molecule has 0 aliphatic rings. The zero-order chi connectivity index (χ0) is 19.7. The van der Waals surface area contributed by atoms with Gasteiger partial charge in [-0.1, -0.05) is 41.5 Å². The van der Waals surface area contributed by atoms with Gasteiger partial charge in [0, 0.05) is 24.4 Å². The molecule has 0 saturated heterocycles. The van der Waals surface area contributed by atoms with Crippen LogP contribution >= 0.6 is 0 Å². The predicted molar refractivity (Wildman–Crippen MR) is 101 cm³/mol. The molecule has 0 aromatic heterocycles. The van der Waals surface area contributed by atoms with Gasteiger partial charge in [0.25, 0.3) is 0 Å². The first-order valence-corrected chi connectivity index (χ1v) is 9.35. The van der Waals surface area contributed by atoms with E-state index in [0.29, 0.717) is 18.9 Å². The van der Waals surface area contributed by atoms with Gasteiger partial charge in [0.1, 0.15) is 6.04 Å². The van der Waals surface area contributed by atoms with Crippen LogP contribution < -0.4 is 16.0 Å². The monoisotopic (exact) mass is 355 g/mol. The molecular weight excluding hydrogens is 318 g/mol. The molecule has 0 aromatic carbocycles. The third kappa shape index (κ3) is 9.58. The molecule has 2 amide bonds. The number of rotatable bonds is 11. The molecule has 0 rings (SSSR count). The zero-order valence-corrected chi connectivity index (χ0v) is 17.1. The van der Waals surface area contributed by atoms with Crippen LogP contribution in [0.4, 0.5) is 0 Å². The topological polar surface area (TPSA) is 87.3 Å². The molecule has 2 unspecified atom stereocenters. The fourth-order valence-corrected chi connectivity index (χ4v) is 2.65. The van der Waals surface area contributed by atoms with Gasteiger partial charge in [-0.05, 0) is 26.2 Å². The zero-order valence-electron chi connectivity index (χ0n) is 17.1. The van der Waals surface area contributed by atoms with Crippen molar-refractivity contribution in [2.45, 2.75) is 92.4 Å². The Morgan fingerprint density at radius 2 is 1.40 bits per heavy atom. The summed E-state index contributed by atoms with van der Waals surface area (Å²) in [5.41, 5.74) is 0. The van der Waals surface area contributed by atoms with Crippen LogP contribution in [0.2, 0.25) is 0 Å². The van der Waals surface area contributed by atoms with E-state index in [9.17, 15) is 14.4 Å². The molecule has 0 bridgehead atoms. The van der Waals surface area contributed by atoms with Crippen molar-refractivity contribution in [3.63, 3.8) is 0 Å². The van der Waals surface area contributed by atoms with Crippen LogP contribution in [-0.2, 0) is 14.4 Å². The van der Waals surface area contributed by atoms with Crippen molar-refractivity contribution in [3.8, 4) is 0 Å². The second-order valence-electron chi connectivity index (χ2n) is 7.84. The quantitative estimate of drug-likeness (QED) is 0.529. The Labute approximate surface area is 152 Å². The van der Waals surface area contributed by atoms with Crippen molar-refractivity contribution >= 4 is 17.6 Å². The third-order valence-corrected chi connectivity index (χ3v) is 4.04. The number of nitrogens with one attached hydrogen (secondary N) is 3.